The van der Waals surface area contributed by atoms with E-state index in [1.54, 1.807) is 0 Å². The minimum Gasteiger partial charge on any atom is -0.357 e. The van der Waals surface area contributed by atoms with Crippen LogP contribution in [0.25, 0.3) is 0 Å². The zero-order valence-electron chi connectivity index (χ0n) is 17.8. The molecule has 0 spiro atoms. The normalized spacial score (nSPS) is 23.2. The van der Waals surface area contributed by atoms with Crippen molar-refractivity contribution in [3.63, 3.8) is 0 Å². The van der Waals surface area contributed by atoms with Gasteiger partial charge in [0.15, 0.2) is 5.96 Å². The summed E-state index contributed by atoms with van der Waals surface area (Å²) in [6, 6.07) is 11.3. The maximum atomic E-state index is 5.01. The number of benzene rings is 1. The van der Waals surface area contributed by atoms with Gasteiger partial charge in [-0.1, -0.05) is 18.2 Å². The quantitative estimate of drug-likeness (QED) is 0.430. The molecule has 0 aliphatic carbocycles. The molecule has 2 saturated heterocycles. The molecule has 2 heterocycles. The van der Waals surface area contributed by atoms with Gasteiger partial charge in [-0.2, -0.15) is 0 Å². The summed E-state index contributed by atoms with van der Waals surface area (Å²) in [7, 11) is 2.21. The number of hydrogen-bond donors (Lipinski definition) is 1. The molecule has 6 heteroatoms. The van der Waals surface area contributed by atoms with Crippen LogP contribution in [0.15, 0.2) is 40.2 Å². The van der Waals surface area contributed by atoms with E-state index in [2.05, 4.69) is 71.2 Å². The van der Waals surface area contributed by atoms with Crippen molar-refractivity contribution in [3.05, 3.63) is 30.3 Å². The highest BCUT2D eigenvalue weighted by molar-refractivity contribution is 7.99. The number of rotatable bonds is 7. The maximum absolute atomic E-state index is 5.01. The molecule has 2 fully saturated rings. The van der Waals surface area contributed by atoms with Crippen molar-refractivity contribution < 1.29 is 0 Å². The molecule has 28 heavy (non-hydrogen) atoms. The van der Waals surface area contributed by atoms with Crippen LogP contribution in [0.4, 0.5) is 0 Å². The van der Waals surface area contributed by atoms with E-state index in [1.165, 1.54) is 30.2 Å². The van der Waals surface area contributed by atoms with Gasteiger partial charge in [0.1, 0.15) is 0 Å². The molecule has 0 radical (unpaired) electrons. The Morgan fingerprint density at radius 1 is 1.18 bits per heavy atom. The van der Waals surface area contributed by atoms with Gasteiger partial charge in [0, 0.05) is 62.5 Å². The molecule has 1 aromatic rings. The van der Waals surface area contributed by atoms with Gasteiger partial charge in [0.25, 0.3) is 0 Å². The van der Waals surface area contributed by atoms with Crippen molar-refractivity contribution in [1.29, 1.82) is 0 Å². The monoisotopic (exact) mass is 403 g/mol. The van der Waals surface area contributed by atoms with Crippen LogP contribution < -0.4 is 5.32 Å². The van der Waals surface area contributed by atoms with Crippen LogP contribution >= 0.6 is 11.8 Å². The van der Waals surface area contributed by atoms with E-state index in [4.69, 9.17) is 4.99 Å². The number of piperazine rings is 1. The average molecular weight is 404 g/mol. The standard InChI is InChI=1S/C22H37N5S/c1-4-23-22(24-16-19(2)26-14-12-25(3)13-15-26)27-11-10-20(17-27)18-28-21-8-6-5-7-9-21/h5-9,19-20H,4,10-18H2,1-3H3,(H,23,24). The lowest BCUT2D eigenvalue weighted by molar-refractivity contribution is 0.122. The number of likely N-dealkylation sites (tertiary alicyclic amines) is 1. The molecule has 1 N–H and O–H groups in total. The highest BCUT2D eigenvalue weighted by atomic mass is 32.2. The van der Waals surface area contributed by atoms with Crippen LogP contribution in [0, 0.1) is 5.92 Å². The summed E-state index contributed by atoms with van der Waals surface area (Å²) in [6.45, 7) is 13.2. The summed E-state index contributed by atoms with van der Waals surface area (Å²) in [4.78, 5) is 13.8. The van der Waals surface area contributed by atoms with E-state index < -0.39 is 0 Å². The molecule has 156 valence electrons. The highest BCUT2D eigenvalue weighted by Gasteiger charge is 2.25. The first-order valence-corrected chi connectivity index (χ1v) is 11.8. The van der Waals surface area contributed by atoms with Crippen molar-refractivity contribution in [2.75, 3.05) is 65.2 Å². The Hall–Kier alpha value is -1.24. The number of nitrogens with one attached hydrogen (secondary N) is 1. The molecule has 2 aliphatic heterocycles. The SMILES string of the molecule is CCNC(=NCC(C)N1CCN(C)CC1)N1CCC(CSc2ccccc2)C1. The van der Waals surface area contributed by atoms with Gasteiger partial charge in [-0.05, 0) is 45.4 Å². The van der Waals surface area contributed by atoms with Gasteiger partial charge in [-0.25, -0.2) is 0 Å². The molecular formula is C22H37N5S. The predicted octanol–water partition coefficient (Wildman–Crippen LogP) is 2.70. The van der Waals surface area contributed by atoms with Crippen LogP contribution in [0.5, 0.6) is 0 Å². The van der Waals surface area contributed by atoms with Gasteiger partial charge in [0.2, 0.25) is 0 Å². The first-order valence-electron chi connectivity index (χ1n) is 10.8. The Labute approximate surface area is 175 Å². The average Bonchev–Trinajstić information content (AvgIpc) is 3.19. The van der Waals surface area contributed by atoms with Crippen LogP contribution in [0.2, 0.25) is 0 Å². The number of aliphatic imine (C=N–C) groups is 1. The summed E-state index contributed by atoms with van der Waals surface area (Å²) in [5.74, 6) is 3.04. The molecule has 2 unspecified atom stereocenters. The fourth-order valence-electron chi connectivity index (χ4n) is 3.91. The van der Waals surface area contributed by atoms with Crippen molar-refractivity contribution in [3.8, 4) is 0 Å². The second-order valence-corrected chi connectivity index (χ2v) is 9.20. The smallest absolute Gasteiger partial charge is 0.193 e. The Bertz CT molecular complexity index is 600. The number of hydrogen-bond acceptors (Lipinski definition) is 4. The van der Waals surface area contributed by atoms with Crippen LogP contribution in [-0.4, -0.2) is 91.9 Å². The van der Waals surface area contributed by atoms with E-state index in [0.717, 1.165) is 51.1 Å². The molecule has 3 rings (SSSR count). The number of nitrogens with zero attached hydrogens (tertiary/aromatic N) is 4. The Morgan fingerprint density at radius 3 is 2.64 bits per heavy atom. The second kappa shape index (κ2) is 11.1. The third-order valence-corrected chi connectivity index (χ3v) is 7.06. The molecule has 0 bridgehead atoms. The molecule has 0 amide bonds. The Kier molecular flexibility index (Phi) is 8.49. The fraction of sp³-hybridized carbons (Fsp3) is 0.682. The maximum Gasteiger partial charge on any atom is 0.193 e. The molecule has 2 aliphatic rings. The molecule has 1 aromatic carbocycles. The van der Waals surface area contributed by atoms with Gasteiger partial charge in [-0.15, -0.1) is 11.8 Å². The largest absolute Gasteiger partial charge is 0.357 e. The van der Waals surface area contributed by atoms with Gasteiger partial charge in [0.05, 0.1) is 6.54 Å². The molecule has 2 atom stereocenters. The van der Waals surface area contributed by atoms with Gasteiger partial charge < -0.3 is 15.1 Å². The zero-order chi connectivity index (χ0) is 19.8. The van der Waals surface area contributed by atoms with Crippen molar-refractivity contribution in [1.82, 2.24) is 20.0 Å². The molecule has 5 nitrogen and oxygen atoms in total. The molecule has 0 aromatic heterocycles. The summed E-state index contributed by atoms with van der Waals surface area (Å²) in [6.07, 6.45) is 1.26. The summed E-state index contributed by atoms with van der Waals surface area (Å²) >= 11 is 1.98. The highest BCUT2D eigenvalue weighted by Crippen LogP contribution is 2.25. The minimum atomic E-state index is 0.509. The van der Waals surface area contributed by atoms with E-state index >= 15 is 0 Å². The van der Waals surface area contributed by atoms with Crippen molar-refractivity contribution in [2.45, 2.75) is 31.2 Å². The summed E-state index contributed by atoms with van der Waals surface area (Å²) in [5, 5.41) is 3.53. The minimum absolute atomic E-state index is 0.509. The van der Waals surface area contributed by atoms with Crippen LogP contribution in [0.1, 0.15) is 20.3 Å². The zero-order valence-corrected chi connectivity index (χ0v) is 18.6. The Morgan fingerprint density at radius 2 is 1.93 bits per heavy atom. The Balaban J connectivity index is 1.48. The van der Waals surface area contributed by atoms with E-state index in [-0.39, 0.29) is 0 Å². The lowest BCUT2D eigenvalue weighted by Gasteiger charge is -2.36. The van der Waals surface area contributed by atoms with Crippen LogP contribution in [0.3, 0.4) is 0 Å². The lowest BCUT2D eigenvalue weighted by Crippen LogP contribution is -2.49. The number of guanidine groups is 1. The van der Waals surface area contributed by atoms with Crippen molar-refractivity contribution >= 4 is 17.7 Å². The first-order chi connectivity index (χ1) is 13.7. The van der Waals surface area contributed by atoms with E-state index in [9.17, 15) is 0 Å². The van der Waals surface area contributed by atoms with Crippen molar-refractivity contribution in [2.24, 2.45) is 10.9 Å². The van der Waals surface area contributed by atoms with Gasteiger partial charge >= 0.3 is 0 Å². The third kappa shape index (κ3) is 6.39. The first kappa shape index (κ1) is 21.5. The number of thioether (sulfide) groups is 1. The van der Waals surface area contributed by atoms with E-state index in [0.29, 0.717) is 6.04 Å². The topological polar surface area (TPSA) is 34.1 Å². The predicted molar refractivity (Wildman–Crippen MR) is 121 cm³/mol. The second-order valence-electron chi connectivity index (χ2n) is 8.11. The summed E-state index contributed by atoms with van der Waals surface area (Å²) in [5.41, 5.74) is 0. The lowest BCUT2D eigenvalue weighted by atomic mass is 10.2. The number of likely N-dealkylation sites (N-methyl/N-ethyl adjacent to an activating group) is 1. The summed E-state index contributed by atoms with van der Waals surface area (Å²) < 4.78 is 0. The molecule has 0 saturated carbocycles. The van der Waals surface area contributed by atoms with E-state index in [1.807, 2.05) is 11.8 Å². The molecular weight excluding hydrogens is 366 g/mol. The third-order valence-electron chi connectivity index (χ3n) is 5.82. The van der Waals surface area contributed by atoms with Crippen LogP contribution in [-0.2, 0) is 0 Å². The fourth-order valence-corrected chi connectivity index (χ4v) is 4.96. The van der Waals surface area contributed by atoms with Gasteiger partial charge in [-0.3, -0.25) is 9.89 Å².